The molecule has 1 aromatic rings. The normalized spacial score (nSPS) is 15.9. The minimum atomic E-state index is -4.83. The fraction of sp³-hybridized carbons (Fsp3) is 0.500. The zero-order chi connectivity index (χ0) is 18.4. The lowest BCUT2D eigenvalue weighted by Crippen LogP contribution is -2.52. The van der Waals surface area contributed by atoms with E-state index in [1.54, 1.807) is 24.3 Å². The molecule has 5 nitrogen and oxygen atoms in total. The highest BCUT2D eigenvalue weighted by Crippen LogP contribution is 2.19. The van der Waals surface area contributed by atoms with E-state index in [0.29, 0.717) is 24.7 Å². The van der Waals surface area contributed by atoms with Crippen molar-refractivity contribution < 1.29 is 27.5 Å². The van der Waals surface area contributed by atoms with Crippen molar-refractivity contribution >= 4 is 23.5 Å². The second-order valence-corrected chi connectivity index (χ2v) is 6.09. The Balaban J connectivity index is 1.65. The molecule has 1 aromatic carbocycles. The van der Waals surface area contributed by atoms with Gasteiger partial charge in [-0.15, -0.1) is 0 Å². The summed E-state index contributed by atoms with van der Waals surface area (Å²) >= 11 is 5.76. The Hall–Kier alpha value is -1.80. The fourth-order valence-electron chi connectivity index (χ4n) is 2.46. The summed E-state index contributed by atoms with van der Waals surface area (Å²) in [6.07, 6.45) is -4.70. The van der Waals surface area contributed by atoms with Crippen LogP contribution in [0.3, 0.4) is 0 Å². The van der Waals surface area contributed by atoms with Gasteiger partial charge in [0.05, 0.1) is 6.42 Å². The average molecular weight is 379 g/mol. The number of carbonyl (C=O) groups excluding carboxylic acids is 2. The standard InChI is InChI=1S/C16H18ClF3N2O3/c17-13-3-1-12(2-4-13)11-14(23)25-10-9-21-5-7-22(8-6-21)15(24)16(18,19)20/h1-4H,5-11H2. The predicted molar refractivity (Wildman–Crippen MR) is 85.2 cm³/mol. The van der Waals surface area contributed by atoms with Gasteiger partial charge >= 0.3 is 18.1 Å². The summed E-state index contributed by atoms with van der Waals surface area (Å²) < 4.78 is 42.2. The zero-order valence-electron chi connectivity index (χ0n) is 13.4. The summed E-state index contributed by atoms with van der Waals surface area (Å²) in [5.74, 6) is -2.19. The lowest BCUT2D eigenvalue weighted by atomic mass is 10.1. The SMILES string of the molecule is O=C(Cc1ccc(Cl)cc1)OCCN1CCN(C(=O)C(F)(F)F)CC1. The van der Waals surface area contributed by atoms with Crippen molar-refractivity contribution in [3.8, 4) is 0 Å². The second-order valence-electron chi connectivity index (χ2n) is 5.66. The molecular formula is C16H18ClF3N2O3. The Kier molecular flexibility index (Phi) is 6.66. The number of rotatable bonds is 5. The summed E-state index contributed by atoms with van der Waals surface area (Å²) in [5.41, 5.74) is 0.786. The highest BCUT2D eigenvalue weighted by atomic mass is 35.5. The average Bonchev–Trinajstić information content (AvgIpc) is 2.56. The molecule has 0 aliphatic carbocycles. The van der Waals surface area contributed by atoms with Gasteiger partial charge in [0.15, 0.2) is 0 Å². The van der Waals surface area contributed by atoms with Crippen LogP contribution in [0.1, 0.15) is 5.56 Å². The monoisotopic (exact) mass is 378 g/mol. The highest BCUT2D eigenvalue weighted by Gasteiger charge is 2.43. The summed E-state index contributed by atoms with van der Waals surface area (Å²) in [4.78, 5) is 25.5. The Morgan fingerprint density at radius 3 is 2.24 bits per heavy atom. The van der Waals surface area contributed by atoms with Crippen molar-refractivity contribution in [3.63, 3.8) is 0 Å². The van der Waals surface area contributed by atoms with E-state index in [2.05, 4.69) is 0 Å². The third kappa shape index (κ3) is 6.21. The number of piperazine rings is 1. The number of amides is 1. The van der Waals surface area contributed by atoms with E-state index in [-0.39, 0.29) is 32.1 Å². The Labute approximate surface area is 148 Å². The molecule has 9 heteroatoms. The van der Waals surface area contributed by atoms with Crippen molar-refractivity contribution in [1.29, 1.82) is 0 Å². The van der Waals surface area contributed by atoms with Crippen LogP contribution in [0.15, 0.2) is 24.3 Å². The maximum Gasteiger partial charge on any atom is 0.471 e. The van der Waals surface area contributed by atoms with Crippen molar-refractivity contribution in [2.45, 2.75) is 12.6 Å². The molecule has 0 aromatic heterocycles. The van der Waals surface area contributed by atoms with Crippen LogP contribution in [0.5, 0.6) is 0 Å². The number of hydrogen-bond acceptors (Lipinski definition) is 4. The topological polar surface area (TPSA) is 49.9 Å². The molecule has 138 valence electrons. The van der Waals surface area contributed by atoms with Crippen LogP contribution in [0, 0.1) is 0 Å². The molecule has 2 rings (SSSR count). The molecule has 0 unspecified atom stereocenters. The van der Waals surface area contributed by atoms with Gasteiger partial charge in [-0.1, -0.05) is 23.7 Å². The summed E-state index contributed by atoms with van der Waals surface area (Å²) in [5, 5.41) is 0.584. The maximum absolute atomic E-state index is 12.4. The molecule has 0 atom stereocenters. The van der Waals surface area contributed by atoms with Crippen LogP contribution in [0.4, 0.5) is 13.2 Å². The van der Waals surface area contributed by atoms with Gasteiger partial charge in [-0.25, -0.2) is 0 Å². The molecule has 0 N–H and O–H groups in total. The fourth-order valence-corrected chi connectivity index (χ4v) is 2.59. The quantitative estimate of drug-likeness (QED) is 0.737. The highest BCUT2D eigenvalue weighted by molar-refractivity contribution is 6.30. The second kappa shape index (κ2) is 8.53. The van der Waals surface area contributed by atoms with Gasteiger partial charge in [-0.3, -0.25) is 14.5 Å². The number of halogens is 4. The molecule has 1 amide bonds. The van der Waals surface area contributed by atoms with Crippen molar-refractivity contribution in [2.24, 2.45) is 0 Å². The lowest BCUT2D eigenvalue weighted by Gasteiger charge is -2.34. The number of carbonyl (C=O) groups is 2. The molecular weight excluding hydrogens is 361 g/mol. The van der Waals surface area contributed by atoms with Crippen LogP contribution < -0.4 is 0 Å². The molecule has 0 spiro atoms. The first-order valence-corrected chi connectivity index (χ1v) is 8.12. The molecule has 1 fully saturated rings. The van der Waals surface area contributed by atoms with Crippen LogP contribution in [0.2, 0.25) is 5.02 Å². The Bertz CT molecular complexity index is 600. The van der Waals surface area contributed by atoms with E-state index in [0.717, 1.165) is 10.5 Å². The molecule has 1 saturated heterocycles. The number of esters is 1. The molecule has 0 radical (unpaired) electrons. The van der Waals surface area contributed by atoms with E-state index in [9.17, 15) is 22.8 Å². The third-order valence-electron chi connectivity index (χ3n) is 3.83. The smallest absolute Gasteiger partial charge is 0.464 e. The first kappa shape index (κ1) is 19.5. The van der Waals surface area contributed by atoms with E-state index < -0.39 is 12.1 Å². The van der Waals surface area contributed by atoms with Crippen molar-refractivity contribution in [1.82, 2.24) is 9.80 Å². The third-order valence-corrected chi connectivity index (χ3v) is 4.09. The minimum absolute atomic E-state index is 0.0110. The maximum atomic E-state index is 12.4. The van der Waals surface area contributed by atoms with Gasteiger partial charge in [0.2, 0.25) is 0 Å². The van der Waals surface area contributed by atoms with Crippen LogP contribution in [0.25, 0.3) is 0 Å². The van der Waals surface area contributed by atoms with E-state index in [1.165, 1.54) is 0 Å². The zero-order valence-corrected chi connectivity index (χ0v) is 14.1. The van der Waals surface area contributed by atoms with Gasteiger partial charge in [0.25, 0.3) is 0 Å². The number of alkyl halides is 3. The van der Waals surface area contributed by atoms with Crippen LogP contribution in [-0.2, 0) is 20.7 Å². The molecule has 0 saturated carbocycles. The van der Waals surface area contributed by atoms with E-state index in [1.807, 2.05) is 4.90 Å². The molecule has 1 aliphatic rings. The molecule has 1 heterocycles. The minimum Gasteiger partial charge on any atom is -0.464 e. The summed E-state index contributed by atoms with van der Waals surface area (Å²) in [6, 6.07) is 6.85. The van der Waals surface area contributed by atoms with Crippen molar-refractivity contribution in [2.75, 3.05) is 39.3 Å². The first-order valence-electron chi connectivity index (χ1n) is 7.74. The van der Waals surface area contributed by atoms with Crippen LogP contribution in [-0.4, -0.2) is 67.2 Å². The summed E-state index contributed by atoms with van der Waals surface area (Å²) in [7, 11) is 0. The van der Waals surface area contributed by atoms with Gasteiger partial charge in [-0.2, -0.15) is 13.2 Å². The van der Waals surface area contributed by atoms with Gasteiger partial charge in [-0.05, 0) is 17.7 Å². The van der Waals surface area contributed by atoms with Gasteiger partial charge in [0.1, 0.15) is 6.61 Å². The van der Waals surface area contributed by atoms with Crippen molar-refractivity contribution in [3.05, 3.63) is 34.9 Å². The number of hydrogen-bond donors (Lipinski definition) is 0. The number of ether oxygens (including phenoxy) is 1. The first-order chi connectivity index (χ1) is 11.8. The van der Waals surface area contributed by atoms with E-state index >= 15 is 0 Å². The molecule has 1 aliphatic heterocycles. The van der Waals surface area contributed by atoms with E-state index in [4.69, 9.17) is 16.3 Å². The lowest BCUT2D eigenvalue weighted by molar-refractivity contribution is -0.187. The Morgan fingerprint density at radius 1 is 1.08 bits per heavy atom. The number of nitrogens with zero attached hydrogens (tertiary/aromatic N) is 2. The van der Waals surface area contributed by atoms with Gasteiger partial charge in [0, 0.05) is 37.7 Å². The molecule has 25 heavy (non-hydrogen) atoms. The number of benzene rings is 1. The van der Waals surface area contributed by atoms with Crippen LogP contribution >= 0.6 is 11.6 Å². The predicted octanol–water partition coefficient (Wildman–Crippen LogP) is 2.13. The van der Waals surface area contributed by atoms with Gasteiger partial charge < -0.3 is 9.64 Å². The Morgan fingerprint density at radius 2 is 1.68 bits per heavy atom. The largest absolute Gasteiger partial charge is 0.471 e. The molecule has 0 bridgehead atoms. The summed E-state index contributed by atoms with van der Waals surface area (Å²) in [6.45, 7) is 1.22.